The smallest absolute Gasteiger partial charge is 0.416 e. The highest BCUT2D eigenvalue weighted by atomic mass is 19.4. The summed E-state index contributed by atoms with van der Waals surface area (Å²) in [5, 5.41) is 13.7. The lowest BCUT2D eigenvalue weighted by molar-refractivity contribution is -0.137. The number of aliphatic hydroxyl groups is 1. The van der Waals surface area contributed by atoms with E-state index in [-0.39, 0.29) is 42.5 Å². The van der Waals surface area contributed by atoms with Gasteiger partial charge >= 0.3 is 12.2 Å². The average Bonchev–Trinajstić information content (AvgIpc) is 3.29. The van der Waals surface area contributed by atoms with E-state index in [0.29, 0.717) is 22.3 Å². The summed E-state index contributed by atoms with van der Waals surface area (Å²) in [6, 6.07) is 13.2. The minimum Gasteiger partial charge on any atom is -0.461 e. The molecule has 0 amide bonds. The van der Waals surface area contributed by atoms with Crippen molar-refractivity contribution in [2.24, 2.45) is 0 Å². The summed E-state index contributed by atoms with van der Waals surface area (Å²) in [5.41, 5.74) is 0.290. The molecule has 0 aliphatic heterocycles. The maximum Gasteiger partial charge on any atom is 0.416 e. The first kappa shape index (κ1) is 25.1. The van der Waals surface area contributed by atoms with Crippen LogP contribution < -0.4 is 10.3 Å². The third-order valence-electron chi connectivity index (χ3n) is 5.71. The molecule has 8 nitrogen and oxygen atoms in total. The first-order valence-electron chi connectivity index (χ1n) is 11.4. The van der Waals surface area contributed by atoms with Crippen LogP contribution in [-0.4, -0.2) is 42.6 Å². The number of fused-ring (bicyclic) bond motifs is 1. The van der Waals surface area contributed by atoms with Crippen molar-refractivity contribution < 1.29 is 27.4 Å². The largest absolute Gasteiger partial charge is 0.461 e. The molecule has 0 bridgehead atoms. The van der Waals surface area contributed by atoms with Crippen molar-refractivity contribution in [2.45, 2.75) is 12.7 Å². The third kappa shape index (κ3) is 4.98. The molecule has 0 saturated carbocycles. The molecule has 0 fully saturated rings. The number of aromatic nitrogens is 5. The Morgan fingerprint density at radius 3 is 2.53 bits per heavy atom. The summed E-state index contributed by atoms with van der Waals surface area (Å²) in [6.45, 7) is -0.0417. The molecule has 194 valence electrons. The Morgan fingerprint density at radius 1 is 1.03 bits per heavy atom. The predicted molar refractivity (Wildman–Crippen MR) is 129 cm³/mol. The fourth-order valence-electron chi connectivity index (χ4n) is 3.95. The van der Waals surface area contributed by atoms with Crippen LogP contribution in [0.5, 0.6) is 6.01 Å². The molecule has 12 heteroatoms. The van der Waals surface area contributed by atoms with Crippen molar-refractivity contribution >= 4 is 10.9 Å². The van der Waals surface area contributed by atoms with E-state index in [0.717, 1.165) is 12.1 Å². The Kier molecular flexibility index (Phi) is 6.64. The summed E-state index contributed by atoms with van der Waals surface area (Å²) >= 11 is 0. The van der Waals surface area contributed by atoms with Crippen LogP contribution in [0, 0.1) is 5.82 Å². The van der Waals surface area contributed by atoms with Gasteiger partial charge in [0, 0.05) is 29.4 Å². The summed E-state index contributed by atoms with van der Waals surface area (Å²) in [4.78, 5) is 21.1. The molecule has 0 unspecified atom stereocenters. The van der Waals surface area contributed by atoms with Gasteiger partial charge in [0.2, 0.25) is 0 Å². The Bertz CT molecular complexity index is 1660. The highest BCUT2D eigenvalue weighted by molar-refractivity contribution is 5.94. The number of benzene rings is 2. The van der Waals surface area contributed by atoms with E-state index >= 15 is 0 Å². The van der Waals surface area contributed by atoms with Gasteiger partial charge in [0.15, 0.2) is 0 Å². The van der Waals surface area contributed by atoms with Crippen LogP contribution in [0.3, 0.4) is 0 Å². The van der Waals surface area contributed by atoms with Gasteiger partial charge in [-0.05, 0) is 42.5 Å². The number of aliphatic hydroxyl groups excluding tert-OH is 1. The zero-order valence-electron chi connectivity index (χ0n) is 19.6. The number of hydrogen-bond acceptors (Lipinski definition) is 6. The molecule has 38 heavy (non-hydrogen) atoms. The van der Waals surface area contributed by atoms with Gasteiger partial charge in [-0.1, -0.05) is 12.1 Å². The Hall–Kier alpha value is -4.58. The van der Waals surface area contributed by atoms with Crippen molar-refractivity contribution in [1.29, 1.82) is 0 Å². The normalized spacial score (nSPS) is 11.7. The summed E-state index contributed by atoms with van der Waals surface area (Å²) in [7, 11) is 0. The lowest BCUT2D eigenvalue weighted by Crippen LogP contribution is -2.20. The Balaban J connectivity index is 1.51. The van der Waals surface area contributed by atoms with Crippen molar-refractivity contribution in [3.05, 3.63) is 100 Å². The number of hydrogen-bond donors (Lipinski definition) is 1. The van der Waals surface area contributed by atoms with Gasteiger partial charge < -0.3 is 14.4 Å². The lowest BCUT2D eigenvalue weighted by atomic mass is 10.1. The summed E-state index contributed by atoms with van der Waals surface area (Å²) < 4.78 is 61.7. The first-order valence-corrected chi connectivity index (χ1v) is 11.4. The van der Waals surface area contributed by atoms with Gasteiger partial charge in [-0.2, -0.15) is 23.3 Å². The topological polar surface area (TPSA) is 95.1 Å². The van der Waals surface area contributed by atoms with E-state index < -0.39 is 17.6 Å². The molecule has 0 radical (unpaired) electrons. The summed E-state index contributed by atoms with van der Waals surface area (Å²) in [6.07, 6.45) is -1.50. The maximum atomic E-state index is 14.9. The van der Waals surface area contributed by atoms with E-state index in [1.54, 1.807) is 18.2 Å². The van der Waals surface area contributed by atoms with Crippen molar-refractivity contribution in [1.82, 2.24) is 24.3 Å². The number of rotatable bonds is 7. The molecule has 3 aromatic heterocycles. The zero-order chi connectivity index (χ0) is 26.9. The third-order valence-corrected chi connectivity index (χ3v) is 5.71. The van der Waals surface area contributed by atoms with Crippen LogP contribution in [-0.2, 0) is 12.7 Å². The number of ether oxygens (including phenoxy) is 1. The SMILES string of the molecule is O=c1cc(-c2nn(-c3ccc(C(F)(F)F)cc3)c3c(F)cccc23)ccn1Cc1ccnc(OCCO)n1. The molecule has 5 aromatic rings. The van der Waals surface area contributed by atoms with Crippen molar-refractivity contribution in [3.63, 3.8) is 0 Å². The van der Waals surface area contributed by atoms with Crippen molar-refractivity contribution in [2.75, 3.05) is 13.2 Å². The van der Waals surface area contributed by atoms with E-state index in [4.69, 9.17) is 9.84 Å². The molecule has 0 aliphatic carbocycles. The molecule has 0 saturated heterocycles. The average molecular weight is 525 g/mol. The minimum atomic E-state index is -4.51. The van der Waals surface area contributed by atoms with Gasteiger partial charge in [-0.25, -0.2) is 14.1 Å². The maximum absolute atomic E-state index is 14.9. The van der Waals surface area contributed by atoms with Gasteiger partial charge in [-0.3, -0.25) is 4.79 Å². The van der Waals surface area contributed by atoms with Crippen molar-refractivity contribution in [3.8, 4) is 23.0 Å². The number of halogens is 4. The Morgan fingerprint density at radius 2 is 1.82 bits per heavy atom. The highest BCUT2D eigenvalue weighted by Crippen LogP contribution is 2.33. The second-order valence-corrected chi connectivity index (χ2v) is 8.23. The molecular formula is C26H19F4N5O3. The number of nitrogens with zero attached hydrogens (tertiary/aromatic N) is 5. The van der Waals surface area contributed by atoms with Crippen LogP contribution in [0.2, 0.25) is 0 Å². The zero-order valence-corrected chi connectivity index (χ0v) is 19.6. The molecule has 2 aromatic carbocycles. The number of alkyl halides is 3. The van der Waals surface area contributed by atoms with Crippen LogP contribution in [0.1, 0.15) is 11.3 Å². The minimum absolute atomic E-state index is 0.0335. The van der Waals surface area contributed by atoms with E-state index in [2.05, 4.69) is 15.1 Å². The second kappa shape index (κ2) is 10.1. The summed E-state index contributed by atoms with van der Waals surface area (Å²) in [5.74, 6) is -0.613. The molecule has 0 spiro atoms. The van der Waals surface area contributed by atoms with Gasteiger partial charge in [0.05, 0.1) is 30.1 Å². The molecule has 3 heterocycles. The molecule has 0 aliphatic rings. The lowest BCUT2D eigenvalue weighted by Gasteiger charge is -2.08. The van der Waals surface area contributed by atoms with Gasteiger partial charge in [0.25, 0.3) is 5.56 Å². The van der Waals surface area contributed by atoms with Crippen LogP contribution in [0.4, 0.5) is 17.6 Å². The van der Waals surface area contributed by atoms with Crippen LogP contribution >= 0.6 is 0 Å². The highest BCUT2D eigenvalue weighted by Gasteiger charge is 2.30. The van der Waals surface area contributed by atoms with E-state index in [1.807, 2.05) is 0 Å². The number of pyridine rings is 1. The van der Waals surface area contributed by atoms with Gasteiger partial charge in [0.1, 0.15) is 23.6 Å². The monoisotopic (exact) mass is 525 g/mol. The molecule has 1 N–H and O–H groups in total. The first-order chi connectivity index (χ1) is 18.2. The van der Waals surface area contributed by atoms with E-state index in [1.165, 1.54) is 52.0 Å². The molecular weight excluding hydrogens is 506 g/mol. The van der Waals surface area contributed by atoms with Crippen LogP contribution in [0.25, 0.3) is 27.8 Å². The van der Waals surface area contributed by atoms with Crippen LogP contribution in [0.15, 0.2) is 77.9 Å². The quantitative estimate of drug-likeness (QED) is 0.320. The molecule has 5 rings (SSSR count). The van der Waals surface area contributed by atoms with Gasteiger partial charge in [-0.15, -0.1) is 0 Å². The fourth-order valence-corrected chi connectivity index (χ4v) is 3.95. The predicted octanol–water partition coefficient (Wildman–Crippen LogP) is 4.22. The van der Waals surface area contributed by atoms with E-state index in [9.17, 15) is 22.4 Å². The second-order valence-electron chi connectivity index (χ2n) is 8.23. The fraction of sp³-hybridized carbons (Fsp3) is 0.154. The molecule has 0 atom stereocenters. The number of para-hydroxylation sites is 1. The Labute approximate surface area is 212 Å². The standard InChI is InChI=1S/C26H19F4N5O3/c27-21-3-1-2-20-23(33-35(24(20)21)19-6-4-17(5-7-19)26(28,29)30)16-9-11-34(22(37)14-16)15-18-8-10-31-25(32-18)38-13-12-36/h1-11,14,36H,12-13,15H2.